The molecule has 0 amide bonds. The first-order valence-electron chi connectivity index (χ1n) is 5.15. The minimum absolute atomic E-state index is 0.423. The number of nitrogens with zero attached hydrogens (tertiary/aromatic N) is 2. The molecule has 0 aliphatic heterocycles. The molecule has 0 fully saturated rings. The molecular weight excluding hydrogens is 236 g/mol. The minimum Gasteiger partial charge on any atom is -0.490 e. The highest BCUT2D eigenvalue weighted by molar-refractivity contribution is 7.11. The van der Waals surface area contributed by atoms with Gasteiger partial charge in [-0.25, -0.2) is 0 Å². The van der Waals surface area contributed by atoms with Gasteiger partial charge in [0.25, 0.3) is 0 Å². The van der Waals surface area contributed by atoms with Crippen LogP contribution in [-0.4, -0.2) is 16.5 Å². The van der Waals surface area contributed by atoms with Crippen LogP contribution in [0.5, 0.6) is 5.75 Å². The van der Waals surface area contributed by atoms with E-state index in [9.17, 15) is 0 Å². The lowest BCUT2D eigenvalue weighted by Crippen LogP contribution is -2.01. The Morgan fingerprint density at radius 1 is 1.53 bits per heavy atom. The largest absolute Gasteiger partial charge is 0.490 e. The van der Waals surface area contributed by atoms with E-state index in [1.54, 1.807) is 13.3 Å². The molecule has 0 spiro atoms. The maximum absolute atomic E-state index is 5.68. The summed E-state index contributed by atoms with van der Waals surface area (Å²) in [6.07, 6.45) is 3.62. The maximum atomic E-state index is 5.68. The van der Waals surface area contributed by atoms with Crippen LogP contribution in [0.3, 0.4) is 0 Å². The van der Waals surface area contributed by atoms with Crippen molar-refractivity contribution in [2.75, 3.05) is 18.2 Å². The van der Waals surface area contributed by atoms with Crippen molar-refractivity contribution in [3.05, 3.63) is 29.6 Å². The molecule has 0 atom stereocenters. The molecule has 2 aromatic rings. The number of hydrogen-bond donors (Lipinski definition) is 2. The summed E-state index contributed by atoms with van der Waals surface area (Å²) in [5, 5.41) is 4.11. The van der Waals surface area contributed by atoms with E-state index >= 15 is 0 Å². The third kappa shape index (κ3) is 2.47. The molecule has 6 heteroatoms. The van der Waals surface area contributed by atoms with Gasteiger partial charge in [0.15, 0.2) is 16.6 Å². The first-order valence-corrected chi connectivity index (χ1v) is 5.92. The maximum Gasteiger partial charge on any atom is 0.197 e. The number of rotatable bonds is 4. The van der Waals surface area contributed by atoms with Gasteiger partial charge in [0.2, 0.25) is 0 Å². The van der Waals surface area contributed by atoms with Gasteiger partial charge in [0.05, 0.1) is 7.11 Å². The third-order valence-corrected chi connectivity index (χ3v) is 3.25. The zero-order chi connectivity index (χ0) is 12.3. The summed E-state index contributed by atoms with van der Waals surface area (Å²) in [6, 6.07) is 1.99. The second kappa shape index (κ2) is 5.01. The van der Waals surface area contributed by atoms with E-state index in [0.717, 1.165) is 10.6 Å². The van der Waals surface area contributed by atoms with Gasteiger partial charge in [-0.1, -0.05) is 0 Å². The molecule has 0 saturated heterocycles. The Morgan fingerprint density at radius 2 is 2.35 bits per heavy atom. The van der Waals surface area contributed by atoms with Crippen LogP contribution in [0.1, 0.15) is 11.1 Å². The summed E-state index contributed by atoms with van der Waals surface area (Å²) in [5.74, 6) is 1.04. The van der Waals surface area contributed by atoms with Crippen LogP contribution < -0.4 is 15.8 Å². The molecule has 17 heavy (non-hydrogen) atoms. The molecule has 0 radical (unpaired) electrons. The molecule has 0 aliphatic rings. The Bertz CT molecular complexity index is 512. The van der Waals surface area contributed by atoms with E-state index in [-0.39, 0.29) is 0 Å². The molecular formula is C11H14N4OS. The van der Waals surface area contributed by atoms with Crippen LogP contribution >= 0.6 is 11.5 Å². The van der Waals surface area contributed by atoms with Gasteiger partial charge in [-0.05, 0) is 35.6 Å². The number of aryl methyl sites for hydroxylation is 1. The highest BCUT2D eigenvalue weighted by Gasteiger charge is 2.11. The number of anilines is 2. The fourth-order valence-corrected chi connectivity index (χ4v) is 2.16. The number of nitrogens with two attached hydrogens (primary N) is 1. The molecule has 0 bridgehead atoms. The van der Waals surface area contributed by atoms with E-state index in [1.165, 1.54) is 17.1 Å². The van der Waals surface area contributed by atoms with Crippen molar-refractivity contribution in [2.24, 2.45) is 0 Å². The van der Waals surface area contributed by atoms with Gasteiger partial charge in [0.1, 0.15) is 0 Å². The number of ether oxygens (including phenoxy) is 1. The normalized spacial score (nSPS) is 10.2. The molecule has 0 saturated carbocycles. The first kappa shape index (κ1) is 11.7. The van der Waals surface area contributed by atoms with Crippen molar-refractivity contribution in [1.82, 2.24) is 9.36 Å². The number of methoxy groups -OCH3 is 1. The molecule has 5 nitrogen and oxygen atoms in total. The summed E-state index contributed by atoms with van der Waals surface area (Å²) in [7, 11) is 1.59. The second-order valence-electron chi connectivity index (χ2n) is 3.59. The minimum atomic E-state index is 0.423. The van der Waals surface area contributed by atoms with Gasteiger partial charge in [0, 0.05) is 18.9 Å². The summed E-state index contributed by atoms with van der Waals surface area (Å²) < 4.78 is 9.22. The fraction of sp³-hybridized carbons (Fsp3) is 0.273. The molecule has 2 aromatic heterocycles. The molecule has 90 valence electrons. The van der Waals surface area contributed by atoms with Crippen molar-refractivity contribution in [1.29, 1.82) is 0 Å². The summed E-state index contributed by atoms with van der Waals surface area (Å²) >= 11 is 1.30. The molecule has 2 heterocycles. The van der Waals surface area contributed by atoms with Gasteiger partial charge in [-0.15, -0.1) is 0 Å². The highest BCUT2D eigenvalue weighted by atomic mass is 32.1. The summed E-state index contributed by atoms with van der Waals surface area (Å²) in [6.45, 7) is 2.73. The number of aromatic nitrogens is 2. The van der Waals surface area contributed by atoms with Crippen LogP contribution in [0, 0.1) is 6.92 Å². The van der Waals surface area contributed by atoms with E-state index in [4.69, 9.17) is 10.5 Å². The predicted octanol–water partition coefficient (Wildman–Crippen LogP) is 2.05. The van der Waals surface area contributed by atoms with E-state index < -0.39 is 0 Å². The average Bonchev–Trinajstić information content (AvgIpc) is 2.69. The number of pyridine rings is 1. The Hall–Kier alpha value is -1.82. The fourth-order valence-electron chi connectivity index (χ4n) is 1.48. The lowest BCUT2D eigenvalue weighted by atomic mass is 10.1. The molecule has 3 N–H and O–H groups in total. The summed E-state index contributed by atoms with van der Waals surface area (Å²) in [5.41, 5.74) is 8.01. The van der Waals surface area contributed by atoms with Crippen LogP contribution in [0.2, 0.25) is 0 Å². The van der Waals surface area contributed by atoms with Gasteiger partial charge >= 0.3 is 0 Å². The Labute approximate surface area is 104 Å². The lowest BCUT2D eigenvalue weighted by molar-refractivity contribution is 0.419. The number of hydrogen-bond acceptors (Lipinski definition) is 6. The Morgan fingerprint density at radius 3 is 3.06 bits per heavy atom. The standard InChI is InChI=1S/C11H14N4OS/c1-7-5-13-4-3-8(7)6-14-11-9(16-2)10(12)15-17-11/h3-5,14H,6H2,1-2H3,(H2,12,15). The molecule has 0 aromatic carbocycles. The van der Waals surface area contributed by atoms with Crippen LogP contribution in [0.4, 0.5) is 10.8 Å². The van der Waals surface area contributed by atoms with Crippen molar-refractivity contribution in [3.63, 3.8) is 0 Å². The summed E-state index contributed by atoms with van der Waals surface area (Å²) in [4.78, 5) is 4.06. The molecule has 2 rings (SSSR count). The topological polar surface area (TPSA) is 73.1 Å². The average molecular weight is 250 g/mol. The van der Waals surface area contributed by atoms with Crippen molar-refractivity contribution in [2.45, 2.75) is 13.5 Å². The molecule has 0 unspecified atom stereocenters. The van der Waals surface area contributed by atoms with E-state index in [1.807, 2.05) is 19.2 Å². The van der Waals surface area contributed by atoms with E-state index in [0.29, 0.717) is 18.1 Å². The lowest BCUT2D eigenvalue weighted by Gasteiger charge is -2.07. The van der Waals surface area contributed by atoms with Crippen LogP contribution in [-0.2, 0) is 6.54 Å². The highest BCUT2D eigenvalue weighted by Crippen LogP contribution is 2.34. The van der Waals surface area contributed by atoms with Gasteiger partial charge in [-0.3, -0.25) is 4.98 Å². The van der Waals surface area contributed by atoms with Crippen LogP contribution in [0.25, 0.3) is 0 Å². The van der Waals surface area contributed by atoms with Gasteiger partial charge < -0.3 is 15.8 Å². The predicted molar refractivity (Wildman–Crippen MR) is 69.4 cm³/mol. The van der Waals surface area contributed by atoms with Crippen molar-refractivity contribution >= 4 is 22.4 Å². The van der Waals surface area contributed by atoms with Crippen LogP contribution in [0.15, 0.2) is 18.5 Å². The smallest absolute Gasteiger partial charge is 0.197 e. The SMILES string of the molecule is COc1c(N)nsc1NCc1ccncc1C. The monoisotopic (exact) mass is 250 g/mol. The number of nitrogens with one attached hydrogen (secondary N) is 1. The Kier molecular flexibility index (Phi) is 3.43. The zero-order valence-electron chi connectivity index (χ0n) is 9.73. The second-order valence-corrected chi connectivity index (χ2v) is 4.36. The molecule has 0 aliphatic carbocycles. The quantitative estimate of drug-likeness (QED) is 0.868. The number of nitrogen functional groups attached to an aromatic ring is 1. The first-order chi connectivity index (χ1) is 8.22. The van der Waals surface area contributed by atoms with Crippen molar-refractivity contribution < 1.29 is 4.74 Å². The van der Waals surface area contributed by atoms with Gasteiger partial charge in [-0.2, -0.15) is 4.37 Å². The Balaban J connectivity index is 2.10. The zero-order valence-corrected chi connectivity index (χ0v) is 10.5. The third-order valence-electron chi connectivity index (χ3n) is 2.45. The van der Waals surface area contributed by atoms with E-state index in [2.05, 4.69) is 14.7 Å². The van der Waals surface area contributed by atoms with Crippen molar-refractivity contribution in [3.8, 4) is 5.75 Å².